The number of benzene rings is 4. The predicted molar refractivity (Wildman–Crippen MR) is 180 cm³/mol. The van der Waals surface area contributed by atoms with Gasteiger partial charge in [-0.3, -0.25) is 4.79 Å². The summed E-state index contributed by atoms with van der Waals surface area (Å²) in [7, 11) is 0. The van der Waals surface area contributed by atoms with E-state index in [1.54, 1.807) is 0 Å². The molecule has 44 heavy (non-hydrogen) atoms. The molecule has 226 valence electrons. The second kappa shape index (κ2) is 15.0. The summed E-state index contributed by atoms with van der Waals surface area (Å²) in [5.74, 6) is 2.28. The minimum absolute atomic E-state index is 0.198. The highest BCUT2D eigenvalue weighted by atomic mass is 79.9. The van der Waals surface area contributed by atoms with Gasteiger partial charge in [0, 0.05) is 0 Å². The molecule has 0 aromatic heterocycles. The smallest absolute Gasteiger partial charge is 0.264 e. The summed E-state index contributed by atoms with van der Waals surface area (Å²) < 4.78 is 24.8. The summed E-state index contributed by atoms with van der Waals surface area (Å²) in [6.45, 7) is 7.58. The fourth-order valence-electron chi connectivity index (χ4n) is 4.36. The first kappa shape index (κ1) is 31.2. The molecule has 1 aliphatic rings. The van der Waals surface area contributed by atoms with Crippen LogP contribution < -0.4 is 24.3 Å². The summed E-state index contributed by atoms with van der Waals surface area (Å²) in [6.07, 6.45) is 1.82. The lowest BCUT2D eigenvalue weighted by molar-refractivity contribution is -0.115. The van der Waals surface area contributed by atoms with Gasteiger partial charge in [-0.05, 0) is 108 Å². The SMILES string of the molecule is CCOc1cc(COc2c(Br)cc(/C=C3/SC(=Nc4ccc(C)cc4)NC3=O)cc2OCC)ccc1OCc1ccccc1. The van der Waals surface area contributed by atoms with Crippen LogP contribution in [-0.4, -0.2) is 24.3 Å². The number of thioether (sulfide) groups is 1. The third-order valence-corrected chi connectivity index (χ3v) is 7.97. The number of carbonyl (C=O) groups is 1. The third-order valence-electron chi connectivity index (χ3n) is 6.47. The van der Waals surface area contributed by atoms with Crippen LogP contribution in [0.4, 0.5) is 5.69 Å². The van der Waals surface area contributed by atoms with E-state index in [1.165, 1.54) is 11.8 Å². The van der Waals surface area contributed by atoms with Crippen LogP contribution in [0.3, 0.4) is 0 Å². The molecule has 1 aliphatic heterocycles. The molecule has 1 N–H and O–H groups in total. The van der Waals surface area contributed by atoms with Crippen molar-refractivity contribution in [1.82, 2.24) is 5.32 Å². The monoisotopic (exact) mass is 672 g/mol. The zero-order valence-electron chi connectivity index (χ0n) is 24.8. The van der Waals surface area contributed by atoms with Gasteiger partial charge >= 0.3 is 0 Å². The van der Waals surface area contributed by atoms with Gasteiger partial charge < -0.3 is 24.3 Å². The van der Waals surface area contributed by atoms with Crippen LogP contribution in [-0.2, 0) is 18.0 Å². The Bertz CT molecular complexity index is 1670. The third kappa shape index (κ3) is 8.24. The standard InChI is InChI=1S/C35H33BrN2O5S/c1-4-40-30-18-25(13-16-29(30)42-21-24-9-7-6-8-10-24)22-43-33-28(36)17-26(19-31(33)41-5-2)20-32-34(39)38-35(44-32)37-27-14-11-23(3)12-15-27/h6-20H,4-5,21-22H2,1-3H3,(H,37,38,39)/b32-20+. The maximum Gasteiger partial charge on any atom is 0.264 e. The summed E-state index contributed by atoms with van der Waals surface area (Å²) >= 11 is 4.95. The van der Waals surface area contributed by atoms with E-state index in [4.69, 9.17) is 18.9 Å². The largest absolute Gasteiger partial charge is 0.490 e. The molecule has 0 aliphatic carbocycles. The van der Waals surface area contributed by atoms with Crippen molar-refractivity contribution in [3.8, 4) is 23.0 Å². The average Bonchev–Trinajstić information content (AvgIpc) is 3.36. The molecular formula is C35H33BrN2O5S. The van der Waals surface area contributed by atoms with Gasteiger partial charge in [0.2, 0.25) is 0 Å². The van der Waals surface area contributed by atoms with Crippen LogP contribution in [0.2, 0.25) is 0 Å². The Labute approximate surface area is 270 Å². The second-order valence-electron chi connectivity index (χ2n) is 9.86. The van der Waals surface area contributed by atoms with Crippen molar-refractivity contribution in [1.29, 1.82) is 0 Å². The fraction of sp³-hybridized carbons (Fsp3) is 0.200. The van der Waals surface area contributed by atoms with E-state index in [0.717, 1.165) is 27.9 Å². The van der Waals surface area contributed by atoms with Crippen LogP contribution >= 0.6 is 27.7 Å². The highest BCUT2D eigenvalue weighted by molar-refractivity contribution is 9.10. The van der Waals surface area contributed by atoms with Crippen LogP contribution in [0.15, 0.2) is 99.3 Å². The fourth-order valence-corrected chi connectivity index (χ4v) is 5.78. The van der Waals surface area contributed by atoms with Crippen LogP contribution in [0.25, 0.3) is 6.08 Å². The number of ether oxygens (including phenoxy) is 4. The normalized spacial score (nSPS) is 14.5. The van der Waals surface area contributed by atoms with E-state index in [2.05, 4.69) is 26.2 Å². The number of hydrogen-bond donors (Lipinski definition) is 1. The Morgan fingerprint density at radius 2 is 1.52 bits per heavy atom. The number of amidine groups is 1. The Hall–Kier alpha value is -4.21. The summed E-state index contributed by atoms with van der Waals surface area (Å²) in [6, 6.07) is 27.4. The van der Waals surface area contributed by atoms with Crippen molar-refractivity contribution >= 4 is 50.5 Å². The van der Waals surface area contributed by atoms with E-state index in [-0.39, 0.29) is 12.5 Å². The van der Waals surface area contributed by atoms with Gasteiger partial charge in [-0.2, -0.15) is 0 Å². The maximum absolute atomic E-state index is 12.7. The molecular weight excluding hydrogens is 640 g/mol. The van der Waals surface area contributed by atoms with Crippen molar-refractivity contribution in [3.63, 3.8) is 0 Å². The van der Waals surface area contributed by atoms with E-state index < -0.39 is 0 Å². The predicted octanol–water partition coefficient (Wildman–Crippen LogP) is 8.60. The van der Waals surface area contributed by atoms with Gasteiger partial charge in [0.25, 0.3) is 5.91 Å². The van der Waals surface area contributed by atoms with Crippen LogP contribution in [0.1, 0.15) is 36.1 Å². The number of nitrogens with zero attached hydrogens (tertiary/aromatic N) is 1. The van der Waals surface area contributed by atoms with Crippen LogP contribution in [0.5, 0.6) is 23.0 Å². The topological polar surface area (TPSA) is 78.4 Å². The number of aryl methyl sites for hydroxylation is 1. The van der Waals surface area contributed by atoms with Gasteiger partial charge in [-0.15, -0.1) is 0 Å². The summed E-state index contributed by atoms with van der Waals surface area (Å²) in [4.78, 5) is 17.8. The lowest BCUT2D eigenvalue weighted by Crippen LogP contribution is -2.19. The number of aliphatic imine (C=N–C) groups is 1. The molecule has 0 radical (unpaired) electrons. The van der Waals surface area contributed by atoms with Crippen molar-refractivity contribution in [2.24, 2.45) is 4.99 Å². The first-order valence-electron chi connectivity index (χ1n) is 14.3. The lowest BCUT2D eigenvalue weighted by atomic mass is 10.1. The van der Waals surface area contributed by atoms with E-state index in [0.29, 0.717) is 57.4 Å². The Kier molecular flexibility index (Phi) is 10.6. The molecule has 0 saturated carbocycles. The molecule has 1 fully saturated rings. The van der Waals surface area contributed by atoms with Gasteiger partial charge in [0.05, 0.1) is 28.3 Å². The molecule has 4 aromatic rings. The number of amides is 1. The van der Waals surface area contributed by atoms with E-state index in [9.17, 15) is 4.79 Å². The minimum Gasteiger partial charge on any atom is -0.490 e. The number of halogens is 1. The summed E-state index contributed by atoms with van der Waals surface area (Å²) in [5, 5.41) is 3.38. The van der Waals surface area contributed by atoms with Crippen molar-refractivity contribution in [3.05, 3.63) is 117 Å². The molecule has 1 heterocycles. The first-order chi connectivity index (χ1) is 21.4. The van der Waals surface area contributed by atoms with Crippen LogP contribution in [0, 0.1) is 6.92 Å². The molecule has 0 spiro atoms. The maximum atomic E-state index is 12.7. The van der Waals surface area contributed by atoms with Gasteiger partial charge in [-0.1, -0.05) is 54.1 Å². The molecule has 1 saturated heterocycles. The number of hydrogen-bond acceptors (Lipinski definition) is 7. The zero-order valence-corrected chi connectivity index (χ0v) is 27.2. The van der Waals surface area contributed by atoms with Gasteiger partial charge in [0.15, 0.2) is 28.2 Å². The molecule has 5 rings (SSSR count). The molecule has 9 heteroatoms. The van der Waals surface area contributed by atoms with E-state index in [1.807, 2.05) is 112 Å². The van der Waals surface area contributed by atoms with Gasteiger partial charge in [-0.25, -0.2) is 4.99 Å². The number of nitrogens with one attached hydrogen (secondary N) is 1. The lowest BCUT2D eigenvalue weighted by Gasteiger charge is -2.16. The van der Waals surface area contributed by atoms with E-state index >= 15 is 0 Å². The molecule has 0 unspecified atom stereocenters. The molecule has 0 bridgehead atoms. The van der Waals surface area contributed by atoms with Gasteiger partial charge in [0.1, 0.15) is 13.2 Å². The molecule has 4 aromatic carbocycles. The molecule has 7 nitrogen and oxygen atoms in total. The van der Waals surface area contributed by atoms with Crippen molar-refractivity contribution in [2.45, 2.75) is 34.0 Å². The molecule has 0 atom stereocenters. The number of carbonyl (C=O) groups excluding carboxylic acids is 1. The number of rotatable bonds is 12. The Morgan fingerprint density at radius 3 is 2.27 bits per heavy atom. The Morgan fingerprint density at radius 1 is 0.795 bits per heavy atom. The van der Waals surface area contributed by atoms with Crippen molar-refractivity contribution < 1.29 is 23.7 Å². The first-order valence-corrected chi connectivity index (χ1v) is 15.9. The average molecular weight is 674 g/mol. The zero-order chi connectivity index (χ0) is 30.9. The minimum atomic E-state index is -0.198. The van der Waals surface area contributed by atoms with Crippen molar-refractivity contribution in [2.75, 3.05) is 13.2 Å². The highest BCUT2D eigenvalue weighted by Crippen LogP contribution is 2.39. The highest BCUT2D eigenvalue weighted by Gasteiger charge is 2.24. The Balaban J connectivity index is 1.30. The second-order valence-corrected chi connectivity index (χ2v) is 11.7. The molecule has 1 amide bonds. The summed E-state index contributed by atoms with van der Waals surface area (Å²) in [5.41, 5.74) is 4.72. The quantitative estimate of drug-likeness (QED) is 0.152.